The molecule has 0 rings (SSSR count). The van der Waals surface area contributed by atoms with E-state index in [9.17, 15) is 19.8 Å². The maximum atomic E-state index is 10.6. The molecule has 0 aliphatic heterocycles. The average molecular weight is 595 g/mol. The van der Waals surface area contributed by atoms with Crippen molar-refractivity contribution in [3.63, 3.8) is 0 Å². The van der Waals surface area contributed by atoms with Gasteiger partial charge in [0.2, 0.25) is 11.8 Å². The molecule has 42 heavy (non-hydrogen) atoms. The Kier molecular flexibility index (Phi) is 35.9. The van der Waals surface area contributed by atoms with Gasteiger partial charge in [-0.05, 0) is 64.2 Å². The van der Waals surface area contributed by atoms with Gasteiger partial charge in [-0.3, -0.25) is 9.59 Å². The van der Waals surface area contributed by atoms with Crippen LogP contribution in [0.4, 0.5) is 0 Å². The fourth-order valence-electron chi connectivity index (χ4n) is 4.77. The van der Waals surface area contributed by atoms with Gasteiger partial charge in [0.25, 0.3) is 0 Å². The summed E-state index contributed by atoms with van der Waals surface area (Å²) in [7, 11) is 0. The molecule has 0 spiro atoms. The number of nitrogens with two attached hydrogens (primary N) is 2. The van der Waals surface area contributed by atoms with Crippen molar-refractivity contribution in [3.8, 4) is 0 Å². The second kappa shape index (κ2) is 35.5. The van der Waals surface area contributed by atoms with Gasteiger partial charge in [0.1, 0.15) is 0 Å². The van der Waals surface area contributed by atoms with Crippen LogP contribution >= 0.6 is 0 Å². The number of hydrogen-bond acceptors (Lipinski definition) is 4. The lowest BCUT2D eigenvalue weighted by Crippen LogP contribution is -2.09. The molecule has 0 heterocycles. The highest BCUT2D eigenvalue weighted by Crippen LogP contribution is 2.12. The molecule has 6 heteroatoms. The zero-order valence-corrected chi connectivity index (χ0v) is 27.7. The SMILES string of the molecule is CCCCCCC(O)C/C=C\CCCCCCCC(N)=O.CCCCCCC(O)C/C=C\CCCCCCCC(N)=O. The van der Waals surface area contributed by atoms with E-state index < -0.39 is 0 Å². The Labute approximate surface area is 260 Å². The standard InChI is InChI=1S/2C18H35NO2/c2*1-2-3-4-11-14-17(20)15-12-9-7-5-6-8-10-13-16-18(19)21/h2*9,12,17,20H,2-8,10-11,13-16H2,1H3,(H2,19,21)/b2*12-9-. The molecule has 2 amide bonds. The van der Waals surface area contributed by atoms with Crippen LogP contribution in [0.5, 0.6) is 0 Å². The Balaban J connectivity index is 0. The fraction of sp³-hybridized carbons (Fsp3) is 0.833. The molecule has 0 bridgehead atoms. The average Bonchev–Trinajstić information content (AvgIpc) is 2.95. The number of hydrogen-bond donors (Lipinski definition) is 4. The summed E-state index contributed by atoms with van der Waals surface area (Å²) in [6.07, 6.45) is 36.1. The van der Waals surface area contributed by atoms with Gasteiger partial charge in [0.05, 0.1) is 12.2 Å². The molecule has 2 atom stereocenters. The lowest BCUT2D eigenvalue weighted by molar-refractivity contribution is -0.119. The Morgan fingerprint density at radius 2 is 0.833 bits per heavy atom. The minimum Gasteiger partial charge on any atom is -0.393 e. The van der Waals surface area contributed by atoms with Crippen LogP contribution in [-0.2, 0) is 9.59 Å². The first-order valence-electron chi connectivity index (χ1n) is 17.6. The number of aliphatic hydroxyl groups is 2. The topological polar surface area (TPSA) is 127 Å². The van der Waals surface area contributed by atoms with E-state index in [2.05, 4.69) is 38.2 Å². The molecule has 0 saturated heterocycles. The van der Waals surface area contributed by atoms with Crippen molar-refractivity contribution in [1.29, 1.82) is 0 Å². The lowest BCUT2D eigenvalue weighted by atomic mass is 10.1. The number of carbonyl (C=O) groups is 2. The van der Waals surface area contributed by atoms with E-state index in [1.54, 1.807) is 0 Å². The molecule has 2 unspecified atom stereocenters. The number of unbranched alkanes of at least 4 members (excludes halogenated alkanes) is 16. The number of allylic oxidation sites excluding steroid dienone is 2. The maximum Gasteiger partial charge on any atom is 0.217 e. The predicted octanol–water partition coefficient (Wildman–Crippen LogP) is 8.96. The van der Waals surface area contributed by atoms with Gasteiger partial charge in [-0.2, -0.15) is 0 Å². The third kappa shape index (κ3) is 40.5. The van der Waals surface area contributed by atoms with Crippen LogP contribution in [0.1, 0.15) is 181 Å². The van der Waals surface area contributed by atoms with Gasteiger partial charge in [-0.15, -0.1) is 0 Å². The molecule has 6 N–H and O–H groups in total. The van der Waals surface area contributed by atoms with Crippen molar-refractivity contribution < 1.29 is 19.8 Å². The zero-order valence-electron chi connectivity index (χ0n) is 27.7. The quantitative estimate of drug-likeness (QED) is 0.0489. The van der Waals surface area contributed by atoms with Crippen molar-refractivity contribution in [1.82, 2.24) is 0 Å². The van der Waals surface area contributed by atoms with Gasteiger partial charge in [-0.1, -0.05) is 128 Å². The summed E-state index contributed by atoms with van der Waals surface area (Å²) in [6, 6.07) is 0. The number of carbonyl (C=O) groups excluding carboxylic acids is 2. The molecular weight excluding hydrogens is 524 g/mol. The summed E-state index contributed by atoms with van der Waals surface area (Å²) in [5, 5.41) is 19.6. The van der Waals surface area contributed by atoms with Crippen molar-refractivity contribution >= 4 is 11.8 Å². The lowest BCUT2D eigenvalue weighted by Gasteiger charge is -2.07. The molecule has 0 radical (unpaired) electrons. The Morgan fingerprint density at radius 3 is 1.19 bits per heavy atom. The van der Waals surface area contributed by atoms with Crippen LogP contribution in [-0.4, -0.2) is 34.2 Å². The second-order valence-corrected chi connectivity index (χ2v) is 12.0. The molecular formula is C36H70N2O4. The molecule has 0 aromatic carbocycles. The minimum atomic E-state index is -0.189. The second-order valence-electron chi connectivity index (χ2n) is 12.0. The number of aliphatic hydroxyl groups excluding tert-OH is 2. The first-order chi connectivity index (χ1) is 20.3. The third-order valence-corrected chi connectivity index (χ3v) is 7.52. The summed E-state index contributed by atoms with van der Waals surface area (Å²) < 4.78 is 0. The van der Waals surface area contributed by atoms with E-state index >= 15 is 0 Å². The highest BCUT2D eigenvalue weighted by molar-refractivity contribution is 5.73. The number of rotatable bonds is 30. The normalized spacial score (nSPS) is 12.9. The Bertz CT molecular complexity index is 582. The molecule has 0 aromatic rings. The zero-order chi connectivity index (χ0) is 31.5. The number of primary amides is 2. The highest BCUT2D eigenvalue weighted by Gasteiger charge is 2.02. The van der Waals surface area contributed by atoms with E-state index in [-0.39, 0.29) is 24.0 Å². The van der Waals surface area contributed by atoms with Crippen LogP contribution in [0.3, 0.4) is 0 Å². The van der Waals surface area contributed by atoms with Gasteiger partial charge in [0.15, 0.2) is 0 Å². The van der Waals surface area contributed by atoms with E-state index in [0.717, 1.165) is 77.0 Å². The summed E-state index contributed by atoms with van der Waals surface area (Å²) in [4.78, 5) is 21.1. The summed E-state index contributed by atoms with van der Waals surface area (Å²) in [6.45, 7) is 4.41. The van der Waals surface area contributed by atoms with Crippen molar-refractivity contribution in [3.05, 3.63) is 24.3 Å². The largest absolute Gasteiger partial charge is 0.393 e. The number of amides is 2. The van der Waals surface area contributed by atoms with Crippen LogP contribution in [0.15, 0.2) is 24.3 Å². The van der Waals surface area contributed by atoms with Gasteiger partial charge in [-0.25, -0.2) is 0 Å². The summed E-state index contributed by atoms with van der Waals surface area (Å²) >= 11 is 0. The van der Waals surface area contributed by atoms with Gasteiger partial charge >= 0.3 is 0 Å². The minimum absolute atomic E-state index is 0.160. The van der Waals surface area contributed by atoms with Crippen LogP contribution in [0.25, 0.3) is 0 Å². The molecule has 0 aliphatic rings. The van der Waals surface area contributed by atoms with Crippen molar-refractivity contribution in [2.75, 3.05) is 0 Å². The first kappa shape index (κ1) is 42.5. The van der Waals surface area contributed by atoms with E-state index in [4.69, 9.17) is 11.5 Å². The Hall–Kier alpha value is -1.66. The molecule has 0 aliphatic carbocycles. The molecule has 248 valence electrons. The van der Waals surface area contributed by atoms with Crippen molar-refractivity contribution in [2.24, 2.45) is 11.5 Å². The first-order valence-corrected chi connectivity index (χ1v) is 17.6. The van der Waals surface area contributed by atoms with Crippen molar-refractivity contribution in [2.45, 2.75) is 193 Å². The van der Waals surface area contributed by atoms with Crippen LogP contribution in [0.2, 0.25) is 0 Å². The van der Waals surface area contributed by atoms with E-state index in [0.29, 0.717) is 12.8 Å². The van der Waals surface area contributed by atoms with E-state index in [1.807, 2.05) is 0 Å². The molecule has 0 saturated carbocycles. The Morgan fingerprint density at radius 1 is 0.500 bits per heavy atom. The summed E-state index contributed by atoms with van der Waals surface area (Å²) in [5.74, 6) is -0.377. The monoisotopic (exact) mass is 595 g/mol. The third-order valence-electron chi connectivity index (χ3n) is 7.52. The van der Waals surface area contributed by atoms with Gasteiger partial charge in [0, 0.05) is 12.8 Å². The van der Waals surface area contributed by atoms with E-state index in [1.165, 1.54) is 77.0 Å². The van der Waals surface area contributed by atoms with Gasteiger partial charge < -0.3 is 21.7 Å². The molecule has 6 nitrogen and oxygen atoms in total. The van der Waals surface area contributed by atoms with Crippen LogP contribution < -0.4 is 11.5 Å². The summed E-state index contributed by atoms with van der Waals surface area (Å²) in [5.41, 5.74) is 10.2. The smallest absolute Gasteiger partial charge is 0.217 e. The predicted molar refractivity (Wildman–Crippen MR) is 180 cm³/mol. The molecule has 0 fully saturated rings. The maximum absolute atomic E-state index is 10.6. The fourth-order valence-corrected chi connectivity index (χ4v) is 4.77. The highest BCUT2D eigenvalue weighted by atomic mass is 16.3. The molecule has 0 aromatic heterocycles. The van der Waals surface area contributed by atoms with Crippen LogP contribution in [0, 0.1) is 0 Å².